The Morgan fingerprint density at radius 1 is 1.13 bits per heavy atom. The number of benzene rings is 1. The fraction of sp³-hybridized carbons (Fsp3) is 0.217. The Balaban J connectivity index is 1.84. The third-order valence-electron chi connectivity index (χ3n) is 5.34. The van der Waals surface area contributed by atoms with E-state index in [1.54, 1.807) is 15.9 Å². The van der Waals surface area contributed by atoms with E-state index in [4.69, 9.17) is 0 Å². The summed E-state index contributed by atoms with van der Waals surface area (Å²) in [6, 6.07) is 13.8. The van der Waals surface area contributed by atoms with Gasteiger partial charge in [-0.25, -0.2) is 0 Å². The molecule has 0 atom stereocenters. The molecule has 3 aromatic heterocycles. The van der Waals surface area contributed by atoms with Crippen LogP contribution < -0.4 is 14.8 Å². The summed E-state index contributed by atoms with van der Waals surface area (Å²) in [5.74, 6) is 1.46. The molecule has 4 aromatic rings. The van der Waals surface area contributed by atoms with Gasteiger partial charge in [-0.15, -0.1) is 21.5 Å². The first-order valence-electron chi connectivity index (χ1n) is 10.1. The number of thiophene rings is 1. The average Bonchev–Trinajstić information content (AvgIpc) is 3.47. The number of hydrogen-bond acceptors (Lipinski definition) is 6. The summed E-state index contributed by atoms with van der Waals surface area (Å²) in [6.07, 6.45) is 5.99. The van der Waals surface area contributed by atoms with E-state index in [1.807, 2.05) is 57.8 Å². The van der Waals surface area contributed by atoms with Crippen LogP contribution in [0.2, 0.25) is 0 Å². The molecule has 0 saturated carbocycles. The molecule has 0 unspecified atom stereocenters. The molecule has 0 bridgehead atoms. The van der Waals surface area contributed by atoms with Crippen LogP contribution >= 0.6 is 22.7 Å². The number of nitriles is 1. The summed E-state index contributed by atoms with van der Waals surface area (Å²) in [7, 11) is 0. The zero-order valence-corrected chi connectivity index (χ0v) is 18.3. The van der Waals surface area contributed by atoms with Crippen LogP contribution in [0.25, 0.3) is 17.3 Å². The summed E-state index contributed by atoms with van der Waals surface area (Å²) >= 11 is 2.91. The molecule has 0 amide bonds. The van der Waals surface area contributed by atoms with Gasteiger partial charge < -0.3 is 4.57 Å². The maximum absolute atomic E-state index is 13.4. The van der Waals surface area contributed by atoms with Gasteiger partial charge in [-0.2, -0.15) is 16.6 Å². The topological polar surface area (TPSA) is 76.5 Å². The SMILES string of the molecule is N#C/C(c1nnc2n1CCCCC2)=c1/s/c(=C\c2ccsc2)c(=O)n1-c1ccccc1. The quantitative estimate of drug-likeness (QED) is 0.486. The molecule has 0 spiro atoms. The van der Waals surface area contributed by atoms with Crippen molar-refractivity contribution in [2.45, 2.75) is 32.2 Å². The van der Waals surface area contributed by atoms with E-state index in [1.165, 1.54) is 11.3 Å². The van der Waals surface area contributed by atoms with Gasteiger partial charge in [0.1, 0.15) is 22.1 Å². The van der Waals surface area contributed by atoms with Crippen LogP contribution in [0.1, 0.15) is 36.5 Å². The van der Waals surface area contributed by atoms with E-state index in [0.29, 0.717) is 20.6 Å². The molecule has 0 radical (unpaired) electrons. The van der Waals surface area contributed by atoms with Crippen molar-refractivity contribution in [1.82, 2.24) is 19.3 Å². The van der Waals surface area contributed by atoms with E-state index in [9.17, 15) is 10.1 Å². The van der Waals surface area contributed by atoms with Crippen LogP contribution in [0.5, 0.6) is 0 Å². The Kier molecular flexibility index (Phi) is 5.37. The first-order chi connectivity index (χ1) is 15.3. The second kappa shape index (κ2) is 8.46. The predicted octanol–water partition coefficient (Wildman–Crippen LogP) is 2.83. The maximum Gasteiger partial charge on any atom is 0.273 e. The third-order valence-corrected chi connectivity index (χ3v) is 7.13. The van der Waals surface area contributed by atoms with E-state index in [2.05, 4.69) is 16.3 Å². The smallest absolute Gasteiger partial charge is 0.273 e. The Bertz CT molecular complexity index is 1440. The fourth-order valence-corrected chi connectivity index (χ4v) is 5.55. The molecule has 5 rings (SSSR count). The van der Waals surface area contributed by atoms with Gasteiger partial charge in [0.15, 0.2) is 5.82 Å². The minimum absolute atomic E-state index is 0.138. The Morgan fingerprint density at radius 2 is 2.00 bits per heavy atom. The van der Waals surface area contributed by atoms with Gasteiger partial charge in [0.05, 0.1) is 10.2 Å². The lowest BCUT2D eigenvalue weighted by Crippen LogP contribution is -2.31. The van der Waals surface area contributed by atoms with Crippen molar-refractivity contribution in [3.8, 4) is 11.8 Å². The number of fused-ring (bicyclic) bond motifs is 1. The molecule has 0 saturated heterocycles. The molecule has 154 valence electrons. The first-order valence-corrected chi connectivity index (χ1v) is 11.9. The number of thiazole rings is 1. The highest BCUT2D eigenvalue weighted by Crippen LogP contribution is 2.18. The number of rotatable bonds is 3. The number of aryl methyl sites for hydroxylation is 1. The normalized spacial score (nSPS) is 15.3. The number of nitrogens with zero attached hydrogens (tertiary/aromatic N) is 5. The zero-order valence-electron chi connectivity index (χ0n) is 16.7. The maximum atomic E-state index is 13.4. The minimum atomic E-state index is -0.138. The highest BCUT2D eigenvalue weighted by atomic mass is 32.1. The van der Waals surface area contributed by atoms with Gasteiger partial charge in [0, 0.05) is 13.0 Å². The summed E-state index contributed by atoms with van der Waals surface area (Å²) in [5.41, 5.74) is 1.95. The van der Waals surface area contributed by atoms with Crippen LogP contribution in [0, 0.1) is 11.3 Å². The van der Waals surface area contributed by atoms with E-state index < -0.39 is 0 Å². The van der Waals surface area contributed by atoms with E-state index >= 15 is 0 Å². The van der Waals surface area contributed by atoms with Crippen LogP contribution in [-0.4, -0.2) is 19.3 Å². The molecule has 1 aromatic carbocycles. The minimum Gasteiger partial charge on any atom is -0.310 e. The van der Waals surface area contributed by atoms with Crippen molar-refractivity contribution in [2.75, 3.05) is 0 Å². The fourth-order valence-electron chi connectivity index (χ4n) is 3.83. The van der Waals surface area contributed by atoms with Gasteiger partial charge in [-0.3, -0.25) is 9.36 Å². The Hall–Kier alpha value is -3.28. The highest BCUT2D eigenvalue weighted by molar-refractivity contribution is 7.08. The van der Waals surface area contributed by atoms with Crippen molar-refractivity contribution < 1.29 is 0 Å². The summed E-state index contributed by atoms with van der Waals surface area (Å²) in [5, 5.41) is 22.9. The molecule has 0 N–H and O–H groups in total. The molecule has 31 heavy (non-hydrogen) atoms. The standard InChI is InChI=1S/C23H19N5OS2/c24-14-18(21-26-25-20-9-5-2-6-11-27(20)21)23-28(17-7-3-1-4-8-17)22(29)19(31-23)13-16-10-12-30-15-16/h1,3-4,7-8,10,12-13,15H,2,5-6,9,11H2/b19-13-,23-18-. The van der Waals surface area contributed by atoms with Crippen LogP contribution in [0.15, 0.2) is 52.0 Å². The second-order valence-corrected chi connectivity index (χ2v) is 9.15. The van der Waals surface area contributed by atoms with Crippen molar-refractivity contribution in [2.24, 2.45) is 0 Å². The van der Waals surface area contributed by atoms with Crippen molar-refractivity contribution in [3.63, 3.8) is 0 Å². The monoisotopic (exact) mass is 445 g/mol. The van der Waals surface area contributed by atoms with Gasteiger partial charge in [-0.05, 0) is 53.4 Å². The molecule has 0 aliphatic carbocycles. The average molecular weight is 446 g/mol. The third kappa shape index (κ3) is 3.67. The zero-order chi connectivity index (χ0) is 21.2. The molecular formula is C23H19N5OS2. The molecule has 8 heteroatoms. The molecule has 6 nitrogen and oxygen atoms in total. The summed E-state index contributed by atoms with van der Waals surface area (Å²) < 4.78 is 4.84. The lowest BCUT2D eigenvalue weighted by atomic mass is 10.2. The first kappa shape index (κ1) is 19.7. The largest absolute Gasteiger partial charge is 0.310 e. The van der Waals surface area contributed by atoms with E-state index in [-0.39, 0.29) is 5.56 Å². The van der Waals surface area contributed by atoms with Gasteiger partial charge >= 0.3 is 0 Å². The molecule has 0 fully saturated rings. The lowest BCUT2D eigenvalue weighted by molar-refractivity contribution is 0.627. The number of hydrogen-bond donors (Lipinski definition) is 0. The van der Waals surface area contributed by atoms with Crippen molar-refractivity contribution in [3.05, 3.63) is 83.9 Å². The summed E-state index contributed by atoms with van der Waals surface area (Å²) in [6.45, 7) is 0.789. The van der Waals surface area contributed by atoms with E-state index in [0.717, 1.165) is 49.3 Å². The number of para-hydroxylation sites is 1. The number of aromatic nitrogens is 4. The van der Waals surface area contributed by atoms with Crippen LogP contribution in [0.3, 0.4) is 0 Å². The molecule has 1 aliphatic rings. The molecule has 4 heterocycles. The lowest BCUT2D eigenvalue weighted by Gasteiger charge is -2.07. The van der Waals surface area contributed by atoms with Gasteiger partial charge in [0.25, 0.3) is 5.56 Å². The molecule has 1 aliphatic heterocycles. The van der Waals surface area contributed by atoms with Crippen molar-refractivity contribution in [1.29, 1.82) is 5.26 Å². The summed E-state index contributed by atoms with van der Waals surface area (Å²) in [4.78, 5) is 13.4. The van der Waals surface area contributed by atoms with Crippen molar-refractivity contribution >= 4 is 34.3 Å². The van der Waals surface area contributed by atoms with Gasteiger partial charge in [-0.1, -0.05) is 24.6 Å². The Labute approximate surface area is 186 Å². The Morgan fingerprint density at radius 3 is 2.77 bits per heavy atom. The second-order valence-electron chi connectivity index (χ2n) is 7.34. The van der Waals surface area contributed by atoms with Crippen LogP contribution in [-0.2, 0) is 13.0 Å². The molecular weight excluding hydrogens is 426 g/mol. The van der Waals surface area contributed by atoms with Crippen LogP contribution in [0.4, 0.5) is 0 Å². The predicted molar refractivity (Wildman–Crippen MR) is 123 cm³/mol. The highest BCUT2D eigenvalue weighted by Gasteiger charge is 2.21. The van der Waals surface area contributed by atoms with Gasteiger partial charge in [0.2, 0.25) is 0 Å².